The molecule has 0 radical (unpaired) electrons. The minimum absolute atomic E-state index is 0.229. The average molecular weight is 299 g/mol. The van der Waals surface area contributed by atoms with Crippen LogP contribution >= 0.6 is 11.6 Å². The van der Waals surface area contributed by atoms with Crippen molar-refractivity contribution in [1.82, 2.24) is 14.8 Å². The van der Waals surface area contributed by atoms with Crippen LogP contribution in [0.15, 0.2) is 61.1 Å². The van der Waals surface area contributed by atoms with E-state index in [1.807, 2.05) is 0 Å². The molecule has 2 heterocycles. The molecule has 1 aromatic carbocycles. The summed E-state index contributed by atoms with van der Waals surface area (Å²) in [6.45, 7) is 0. The molecule has 0 saturated carbocycles. The number of pyridine rings is 1. The number of amides is 1. The number of aromatic nitrogens is 3. The Balaban J connectivity index is 1.88. The van der Waals surface area contributed by atoms with Crippen LogP contribution in [0.1, 0.15) is 10.4 Å². The SMILES string of the molecule is O=C(Nc1cccnc1-n1cccn1)c1ccc(Cl)cc1. The van der Waals surface area contributed by atoms with Crippen molar-refractivity contribution in [3.05, 3.63) is 71.6 Å². The van der Waals surface area contributed by atoms with Crippen molar-refractivity contribution in [1.29, 1.82) is 0 Å². The topological polar surface area (TPSA) is 59.8 Å². The molecule has 1 N–H and O–H groups in total. The maximum atomic E-state index is 12.2. The lowest BCUT2D eigenvalue weighted by atomic mass is 10.2. The fourth-order valence-electron chi connectivity index (χ4n) is 1.87. The molecule has 0 aliphatic rings. The van der Waals surface area contributed by atoms with E-state index >= 15 is 0 Å². The van der Waals surface area contributed by atoms with E-state index < -0.39 is 0 Å². The molecule has 104 valence electrons. The number of benzene rings is 1. The van der Waals surface area contributed by atoms with E-state index in [0.29, 0.717) is 22.1 Å². The largest absolute Gasteiger partial charge is 0.319 e. The van der Waals surface area contributed by atoms with Crippen LogP contribution in [0.5, 0.6) is 0 Å². The van der Waals surface area contributed by atoms with Gasteiger partial charge < -0.3 is 5.32 Å². The summed E-state index contributed by atoms with van der Waals surface area (Å²) in [7, 11) is 0. The first-order valence-corrected chi connectivity index (χ1v) is 6.64. The summed E-state index contributed by atoms with van der Waals surface area (Å²) in [6, 6.07) is 12.0. The van der Waals surface area contributed by atoms with E-state index in [0.717, 1.165) is 0 Å². The molecular formula is C15H11ClN4O. The summed E-state index contributed by atoms with van der Waals surface area (Å²) in [5.74, 6) is 0.331. The average Bonchev–Trinajstić information content (AvgIpc) is 3.02. The lowest BCUT2D eigenvalue weighted by Gasteiger charge is -2.10. The Morgan fingerprint density at radius 3 is 2.62 bits per heavy atom. The number of hydrogen-bond donors (Lipinski definition) is 1. The smallest absolute Gasteiger partial charge is 0.255 e. The molecule has 0 spiro atoms. The molecule has 2 aromatic heterocycles. The lowest BCUT2D eigenvalue weighted by Crippen LogP contribution is -2.14. The molecule has 0 bridgehead atoms. The molecular weight excluding hydrogens is 288 g/mol. The van der Waals surface area contributed by atoms with Gasteiger partial charge in [0.15, 0.2) is 5.82 Å². The van der Waals surface area contributed by atoms with Crippen molar-refractivity contribution in [2.45, 2.75) is 0 Å². The molecule has 0 saturated heterocycles. The van der Waals surface area contributed by atoms with E-state index in [4.69, 9.17) is 11.6 Å². The molecule has 0 aliphatic heterocycles. The molecule has 1 amide bonds. The van der Waals surface area contributed by atoms with Crippen LogP contribution in [0.2, 0.25) is 5.02 Å². The number of carbonyl (C=O) groups is 1. The fraction of sp³-hybridized carbons (Fsp3) is 0. The lowest BCUT2D eigenvalue weighted by molar-refractivity contribution is 0.102. The van der Waals surface area contributed by atoms with Gasteiger partial charge in [0, 0.05) is 29.2 Å². The fourth-order valence-corrected chi connectivity index (χ4v) is 1.99. The zero-order valence-corrected chi connectivity index (χ0v) is 11.7. The van der Waals surface area contributed by atoms with Crippen molar-refractivity contribution in [3.8, 4) is 5.82 Å². The molecule has 5 nitrogen and oxygen atoms in total. The zero-order valence-electron chi connectivity index (χ0n) is 10.9. The van der Waals surface area contributed by atoms with Gasteiger partial charge in [0.2, 0.25) is 0 Å². The number of nitrogens with one attached hydrogen (secondary N) is 1. The number of carbonyl (C=O) groups excluding carboxylic acids is 1. The number of anilines is 1. The molecule has 3 aromatic rings. The molecule has 0 aliphatic carbocycles. The van der Waals surface area contributed by atoms with Crippen LogP contribution in [-0.2, 0) is 0 Å². The van der Waals surface area contributed by atoms with Gasteiger partial charge in [-0.1, -0.05) is 11.6 Å². The van der Waals surface area contributed by atoms with Crippen LogP contribution in [0.4, 0.5) is 5.69 Å². The minimum Gasteiger partial charge on any atom is -0.319 e. The number of nitrogens with zero attached hydrogens (tertiary/aromatic N) is 3. The monoisotopic (exact) mass is 298 g/mol. The predicted octanol–water partition coefficient (Wildman–Crippen LogP) is 3.17. The van der Waals surface area contributed by atoms with Gasteiger partial charge in [-0.25, -0.2) is 9.67 Å². The number of hydrogen-bond acceptors (Lipinski definition) is 3. The molecule has 0 unspecified atom stereocenters. The Morgan fingerprint density at radius 2 is 1.90 bits per heavy atom. The Kier molecular flexibility index (Phi) is 3.66. The van der Waals surface area contributed by atoms with E-state index in [1.165, 1.54) is 0 Å². The van der Waals surface area contributed by atoms with Crippen molar-refractivity contribution in [2.24, 2.45) is 0 Å². The summed E-state index contributed by atoms with van der Waals surface area (Å²) < 4.78 is 1.59. The van der Waals surface area contributed by atoms with E-state index in [2.05, 4.69) is 15.4 Å². The predicted molar refractivity (Wildman–Crippen MR) is 80.8 cm³/mol. The quantitative estimate of drug-likeness (QED) is 0.808. The highest BCUT2D eigenvalue weighted by molar-refractivity contribution is 6.30. The molecule has 0 atom stereocenters. The minimum atomic E-state index is -0.229. The zero-order chi connectivity index (χ0) is 14.7. The first-order chi connectivity index (χ1) is 10.2. The van der Waals surface area contributed by atoms with Gasteiger partial charge in [0.1, 0.15) is 0 Å². The number of halogens is 1. The molecule has 0 fully saturated rings. The van der Waals surface area contributed by atoms with Gasteiger partial charge in [-0.15, -0.1) is 0 Å². The summed E-state index contributed by atoms with van der Waals surface area (Å²) in [5.41, 5.74) is 1.11. The highest BCUT2D eigenvalue weighted by atomic mass is 35.5. The Bertz CT molecular complexity index is 754. The van der Waals surface area contributed by atoms with Crippen LogP contribution in [0, 0.1) is 0 Å². The third-order valence-electron chi connectivity index (χ3n) is 2.86. The van der Waals surface area contributed by atoms with Crippen LogP contribution in [0.3, 0.4) is 0 Å². The Hall–Kier alpha value is -2.66. The third-order valence-corrected chi connectivity index (χ3v) is 3.11. The van der Waals surface area contributed by atoms with Gasteiger partial charge >= 0.3 is 0 Å². The van der Waals surface area contributed by atoms with E-state index in [-0.39, 0.29) is 5.91 Å². The first-order valence-electron chi connectivity index (χ1n) is 6.26. The summed E-state index contributed by atoms with van der Waals surface area (Å²) >= 11 is 5.82. The highest BCUT2D eigenvalue weighted by Crippen LogP contribution is 2.18. The Labute approximate surface area is 126 Å². The third kappa shape index (κ3) is 2.93. The Morgan fingerprint density at radius 1 is 1.10 bits per heavy atom. The van der Waals surface area contributed by atoms with E-state index in [1.54, 1.807) is 65.7 Å². The standard InChI is InChI=1S/C15H11ClN4O/c16-12-6-4-11(5-7-12)15(21)19-13-3-1-8-17-14(13)20-10-2-9-18-20/h1-10H,(H,19,21). The van der Waals surface area contributed by atoms with Crippen molar-refractivity contribution in [3.63, 3.8) is 0 Å². The second-order valence-electron chi connectivity index (χ2n) is 4.29. The summed E-state index contributed by atoms with van der Waals surface area (Å²) in [6.07, 6.45) is 5.06. The van der Waals surface area contributed by atoms with Crippen LogP contribution in [0.25, 0.3) is 5.82 Å². The maximum absolute atomic E-state index is 12.2. The molecule has 6 heteroatoms. The van der Waals surface area contributed by atoms with Crippen LogP contribution < -0.4 is 5.32 Å². The second kappa shape index (κ2) is 5.76. The summed E-state index contributed by atoms with van der Waals surface area (Å²) in [4.78, 5) is 16.5. The van der Waals surface area contributed by atoms with Crippen molar-refractivity contribution in [2.75, 3.05) is 5.32 Å². The van der Waals surface area contributed by atoms with Gasteiger partial charge in [-0.05, 0) is 42.5 Å². The molecule has 3 rings (SSSR count). The van der Waals surface area contributed by atoms with Crippen molar-refractivity contribution < 1.29 is 4.79 Å². The van der Waals surface area contributed by atoms with Gasteiger partial charge in [-0.2, -0.15) is 5.10 Å². The second-order valence-corrected chi connectivity index (χ2v) is 4.72. The van der Waals surface area contributed by atoms with Crippen LogP contribution in [-0.4, -0.2) is 20.7 Å². The normalized spacial score (nSPS) is 10.3. The van der Waals surface area contributed by atoms with Gasteiger partial charge in [0.05, 0.1) is 5.69 Å². The van der Waals surface area contributed by atoms with Gasteiger partial charge in [0.25, 0.3) is 5.91 Å². The van der Waals surface area contributed by atoms with Gasteiger partial charge in [-0.3, -0.25) is 4.79 Å². The maximum Gasteiger partial charge on any atom is 0.255 e. The molecule has 21 heavy (non-hydrogen) atoms. The first kappa shape index (κ1) is 13.3. The number of rotatable bonds is 3. The van der Waals surface area contributed by atoms with E-state index in [9.17, 15) is 4.79 Å². The highest BCUT2D eigenvalue weighted by Gasteiger charge is 2.11. The summed E-state index contributed by atoms with van der Waals surface area (Å²) in [5, 5.41) is 7.54. The van der Waals surface area contributed by atoms with Crippen molar-refractivity contribution >= 4 is 23.2 Å².